The number of methoxy groups -OCH3 is 2. The van der Waals surface area contributed by atoms with Crippen LogP contribution in [0.4, 0.5) is 0 Å². The lowest BCUT2D eigenvalue weighted by Crippen LogP contribution is -1.95. The molecule has 0 aliphatic heterocycles. The third-order valence-corrected chi connectivity index (χ3v) is 3.56. The van der Waals surface area contributed by atoms with Crippen LogP contribution in [0, 0.1) is 6.92 Å². The van der Waals surface area contributed by atoms with Crippen LogP contribution in [0.1, 0.15) is 25.3 Å². The highest BCUT2D eigenvalue weighted by Crippen LogP contribution is 2.39. The van der Waals surface area contributed by atoms with E-state index in [2.05, 4.69) is 19.1 Å². The fraction of sp³-hybridized carbons (Fsp3) is 0.538. The van der Waals surface area contributed by atoms with Crippen molar-refractivity contribution in [1.82, 2.24) is 0 Å². The van der Waals surface area contributed by atoms with Crippen LogP contribution in [-0.2, 0) is 0 Å². The molecule has 0 atom stereocenters. The summed E-state index contributed by atoms with van der Waals surface area (Å²) in [5, 5.41) is 0. The second kappa shape index (κ2) is 6.69. The second-order valence-electron chi connectivity index (χ2n) is 3.65. The fourth-order valence-corrected chi connectivity index (χ4v) is 2.65. The number of benzene rings is 1. The van der Waals surface area contributed by atoms with Crippen molar-refractivity contribution in [3.05, 3.63) is 17.7 Å². The van der Waals surface area contributed by atoms with Crippen LogP contribution >= 0.6 is 11.8 Å². The maximum atomic E-state index is 5.43. The van der Waals surface area contributed by atoms with Crippen molar-refractivity contribution in [1.29, 1.82) is 0 Å². The molecule has 1 aromatic rings. The minimum absolute atomic E-state index is 0.851. The van der Waals surface area contributed by atoms with Gasteiger partial charge in [-0.25, -0.2) is 0 Å². The largest absolute Gasteiger partial charge is 0.493 e. The molecule has 0 saturated carbocycles. The molecule has 0 radical (unpaired) electrons. The van der Waals surface area contributed by atoms with Gasteiger partial charge in [-0.15, -0.1) is 11.8 Å². The van der Waals surface area contributed by atoms with Crippen molar-refractivity contribution in [2.75, 3.05) is 20.0 Å². The summed E-state index contributed by atoms with van der Waals surface area (Å²) in [5.74, 6) is 2.84. The lowest BCUT2D eigenvalue weighted by Gasteiger charge is -2.14. The normalized spacial score (nSPS) is 10.2. The summed E-state index contributed by atoms with van der Waals surface area (Å²) in [6, 6.07) is 4.19. The van der Waals surface area contributed by atoms with Gasteiger partial charge in [0, 0.05) is 0 Å². The number of rotatable bonds is 6. The maximum absolute atomic E-state index is 5.43. The minimum Gasteiger partial charge on any atom is -0.493 e. The molecule has 0 heterocycles. The predicted octanol–water partition coefficient (Wildman–Crippen LogP) is 3.90. The zero-order chi connectivity index (χ0) is 12.0. The van der Waals surface area contributed by atoms with Gasteiger partial charge in [0.1, 0.15) is 0 Å². The highest BCUT2D eigenvalue weighted by atomic mass is 32.2. The van der Waals surface area contributed by atoms with Crippen molar-refractivity contribution in [2.45, 2.75) is 31.6 Å². The van der Waals surface area contributed by atoms with Gasteiger partial charge in [-0.05, 0) is 30.7 Å². The van der Waals surface area contributed by atoms with E-state index in [1.54, 1.807) is 14.2 Å². The van der Waals surface area contributed by atoms with Crippen molar-refractivity contribution in [3.8, 4) is 11.5 Å². The summed E-state index contributed by atoms with van der Waals surface area (Å²) in [4.78, 5) is 1.17. The Morgan fingerprint density at radius 1 is 1.12 bits per heavy atom. The molecule has 0 aliphatic carbocycles. The molecule has 0 saturated heterocycles. The van der Waals surface area contributed by atoms with Crippen molar-refractivity contribution in [2.24, 2.45) is 0 Å². The van der Waals surface area contributed by atoms with Gasteiger partial charge in [-0.1, -0.05) is 19.4 Å². The lowest BCUT2D eigenvalue weighted by molar-refractivity contribution is 0.346. The molecular weight excluding hydrogens is 220 g/mol. The summed E-state index contributed by atoms with van der Waals surface area (Å²) in [6.45, 7) is 4.23. The molecule has 3 heteroatoms. The van der Waals surface area contributed by atoms with E-state index < -0.39 is 0 Å². The van der Waals surface area contributed by atoms with Gasteiger partial charge in [-0.2, -0.15) is 0 Å². The molecule has 0 spiro atoms. The highest BCUT2D eigenvalue weighted by molar-refractivity contribution is 7.99. The summed E-state index contributed by atoms with van der Waals surface area (Å²) in [5.41, 5.74) is 1.11. The standard InChI is InChI=1S/C13H20O2S/c1-5-6-9-16-11-8-7-10(2)12(14-3)13(11)15-4/h7-8H,5-6,9H2,1-4H3. The Hall–Kier alpha value is -0.830. The number of thioether (sulfide) groups is 1. The molecule has 0 N–H and O–H groups in total. The van der Waals surface area contributed by atoms with Crippen LogP contribution in [0.25, 0.3) is 0 Å². The molecule has 0 aliphatic rings. The van der Waals surface area contributed by atoms with Crippen molar-refractivity contribution >= 4 is 11.8 Å². The summed E-state index contributed by atoms with van der Waals surface area (Å²) in [7, 11) is 3.38. The number of hydrogen-bond acceptors (Lipinski definition) is 3. The summed E-state index contributed by atoms with van der Waals surface area (Å²) >= 11 is 1.83. The van der Waals surface area contributed by atoms with Crippen molar-refractivity contribution < 1.29 is 9.47 Å². The Morgan fingerprint density at radius 3 is 2.38 bits per heavy atom. The Balaban J connectivity index is 2.91. The van der Waals surface area contributed by atoms with Crippen LogP contribution in [-0.4, -0.2) is 20.0 Å². The third kappa shape index (κ3) is 3.08. The van der Waals surface area contributed by atoms with E-state index in [1.807, 2.05) is 18.7 Å². The second-order valence-corrected chi connectivity index (χ2v) is 4.79. The van der Waals surface area contributed by atoms with E-state index in [1.165, 1.54) is 17.7 Å². The SMILES string of the molecule is CCCCSc1ccc(C)c(OC)c1OC. The molecule has 90 valence electrons. The number of aryl methyl sites for hydroxylation is 1. The molecule has 0 bridgehead atoms. The molecule has 16 heavy (non-hydrogen) atoms. The molecule has 1 aromatic carbocycles. The van der Waals surface area contributed by atoms with Gasteiger partial charge in [-0.3, -0.25) is 0 Å². The van der Waals surface area contributed by atoms with Crippen LogP contribution in [0.3, 0.4) is 0 Å². The van der Waals surface area contributed by atoms with Crippen LogP contribution < -0.4 is 9.47 Å². The first-order valence-electron chi connectivity index (χ1n) is 5.59. The molecular formula is C13H20O2S. The zero-order valence-electron chi connectivity index (χ0n) is 10.5. The van der Waals surface area contributed by atoms with E-state index in [0.29, 0.717) is 0 Å². The monoisotopic (exact) mass is 240 g/mol. The number of hydrogen-bond donors (Lipinski definition) is 0. The van der Waals surface area contributed by atoms with E-state index in [4.69, 9.17) is 9.47 Å². The Morgan fingerprint density at radius 2 is 1.81 bits per heavy atom. The average Bonchev–Trinajstić information content (AvgIpc) is 2.30. The summed E-state index contributed by atoms with van der Waals surface area (Å²) < 4.78 is 10.8. The van der Waals surface area contributed by atoms with Gasteiger partial charge in [0.15, 0.2) is 11.5 Å². The average molecular weight is 240 g/mol. The first kappa shape index (κ1) is 13.2. The predicted molar refractivity (Wildman–Crippen MR) is 69.9 cm³/mol. The molecule has 0 aromatic heterocycles. The van der Waals surface area contributed by atoms with E-state index in [-0.39, 0.29) is 0 Å². The number of unbranched alkanes of at least 4 members (excludes halogenated alkanes) is 1. The Kier molecular flexibility index (Phi) is 5.53. The molecule has 0 amide bonds. The number of ether oxygens (including phenoxy) is 2. The van der Waals surface area contributed by atoms with E-state index in [9.17, 15) is 0 Å². The quantitative estimate of drug-likeness (QED) is 0.555. The maximum Gasteiger partial charge on any atom is 0.174 e. The van der Waals surface area contributed by atoms with Crippen LogP contribution in [0.5, 0.6) is 11.5 Å². The molecule has 0 fully saturated rings. The van der Waals surface area contributed by atoms with E-state index >= 15 is 0 Å². The van der Waals surface area contributed by atoms with Gasteiger partial charge in [0.2, 0.25) is 0 Å². The van der Waals surface area contributed by atoms with E-state index in [0.717, 1.165) is 22.8 Å². The topological polar surface area (TPSA) is 18.5 Å². The van der Waals surface area contributed by atoms with Gasteiger partial charge in [0.25, 0.3) is 0 Å². The molecule has 0 unspecified atom stereocenters. The molecule has 1 rings (SSSR count). The zero-order valence-corrected chi connectivity index (χ0v) is 11.3. The summed E-state index contributed by atoms with van der Waals surface area (Å²) in [6.07, 6.45) is 2.45. The first-order chi connectivity index (χ1) is 7.74. The van der Waals surface area contributed by atoms with Crippen LogP contribution in [0.15, 0.2) is 17.0 Å². The Labute approximate surface area is 102 Å². The minimum atomic E-state index is 0.851. The first-order valence-corrected chi connectivity index (χ1v) is 6.57. The Bertz CT molecular complexity index is 337. The highest BCUT2D eigenvalue weighted by Gasteiger charge is 2.12. The fourth-order valence-electron chi connectivity index (χ4n) is 1.53. The molecule has 2 nitrogen and oxygen atoms in total. The van der Waals surface area contributed by atoms with Gasteiger partial charge < -0.3 is 9.47 Å². The van der Waals surface area contributed by atoms with Crippen LogP contribution in [0.2, 0.25) is 0 Å². The third-order valence-electron chi connectivity index (χ3n) is 2.44. The van der Waals surface area contributed by atoms with Gasteiger partial charge >= 0.3 is 0 Å². The lowest BCUT2D eigenvalue weighted by atomic mass is 10.2. The van der Waals surface area contributed by atoms with Crippen molar-refractivity contribution in [3.63, 3.8) is 0 Å². The smallest absolute Gasteiger partial charge is 0.174 e. The van der Waals surface area contributed by atoms with Gasteiger partial charge in [0.05, 0.1) is 19.1 Å².